The Kier molecular flexibility index (Phi) is 6.14. The first-order chi connectivity index (χ1) is 10.9. The van der Waals surface area contributed by atoms with Gasteiger partial charge in [-0.2, -0.15) is 0 Å². The SMILES string of the molecule is Cc1ccc(S(=O)(=O)NCCC(=O)Nc2ccc(I)cc2)cc1. The first-order valence-corrected chi connectivity index (χ1v) is 9.55. The minimum absolute atomic E-state index is 0.0480. The van der Waals surface area contributed by atoms with Gasteiger partial charge in [0.25, 0.3) is 0 Å². The van der Waals surface area contributed by atoms with Gasteiger partial charge in [0, 0.05) is 22.2 Å². The van der Waals surface area contributed by atoms with Crippen molar-refractivity contribution in [1.82, 2.24) is 4.72 Å². The van der Waals surface area contributed by atoms with Gasteiger partial charge < -0.3 is 5.32 Å². The van der Waals surface area contributed by atoms with E-state index in [1.165, 1.54) is 0 Å². The zero-order valence-electron chi connectivity index (χ0n) is 12.5. The van der Waals surface area contributed by atoms with Gasteiger partial charge in [-0.3, -0.25) is 4.79 Å². The summed E-state index contributed by atoms with van der Waals surface area (Å²) in [5.41, 5.74) is 1.68. The summed E-state index contributed by atoms with van der Waals surface area (Å²) < 4.78 is 27.7. The lowest BCUT2D eigenvalue weighted by Crippen LogP contribution is -2.27. The first-order valence-electron chi connectivity index (χ1n) is 6.98. The predicted octanol–water partition coefficient (Wildman–Crippen LogP) is 2.91. The molecule has 0 saturated heterocycles. The van der Waals surface area contributed by atoms with Crippen LogP contribution in [0.25, 0.3) is 0 Å². The second kappa shape index (κ2) is 7.89. The fourth-order valence-corrected chi connectivity index (χ4v) is 3.25. The highest BCUT2D eigenvalue weighted by atomic mass is 127. The van der Waals surface area contributed by atoms with Crippen molar-refractivity contribution in [2.24, 2.45) is 0 Å². The topological polar surface area (TPSA) is 75.3 Å². The third-order valence-electron chi connectivity index (χ3n) is 3.10. The van der Waals surface area contributed by atoms with E-state index in [2.05, 4.69) is 32.6 Å². The molecule has 0 unspecified atom stereocenters. The van der Waals surface area contributed by atoms with Crippen LogP contribution in [0.2, 0.25) is 0 Å². The zero-order chi connectivity index (χ0) is 16.9. The molecule has 2 N–H and O–H groups in total. The van der Waals surface area contributed by atoms with Crippen molar-refractivity contribution in [1.29, 1.82) is 0 Å². The number of sulfonamides is 1. The second-order valence-electron chi connectivity index (χ2n) is 5.02. The summed E-state index contributed by atoms with van der Waals surface area (Å²) in [5.74, 6) is -0.238. The smallest absolute Gasteiger partial charge is 0.240 e. The van der Waals surface area contributed by atoms with Crippen LogP contribution in [0.4, 0.5) is 5.69 Å². The van der Waals surface area contributed by atoms with Gasteiger partial charge >= 0.3 is 0 Å². The van der Waals surface area contributed by atoms with Crippen LogP contribution in [0.5, 0.6) is 0 Å². The Morgan fingerprint density at radius 1 is 1.04 bits per heavy atom. The highest BCUT2D eigenvalue weighted by Gasteiger charge is 2.13. The average molecular weight is 444 g/mol. The first kappa shape index (κ1) is 17.9. The normalized spacial score (nSPS) is 11.2. The summed E-state index contributed by atoms with van der Waals surface area (Å²) >= 11 is 2.18. The van der Waals surface area contributed by atoms with E-state index in [-0.39, 0.29) is 23.8 Å². The number of carbonyl (C=O) groups is 1. The number of halogens is 1. The number of benzene rings is 2. The Bertz CT molecular complexity index is 772. The summed E-state index contributed by atoms with van der Waals surface area (Å²) in [6.45, 7) is 1.94. The molecule has 0 radical (unpaired) electrons. The summed E-state index contributed by atoms with van der Waals surface area (Å²) in [7, 11) is -3.58. The molecule has 2 aromatic rings. The molecule has 0 bridgehead atoms. The molecule has 0 aliphatic rings. The predicted molar refractivity (Wildman–Crippen MR) is 98.8 cm³/mol. The van der Waals surface area contributed by atoms with Crippen LogP contribution in [0.15, 0.2) is 53.4 Å². The van der Waals surface area contributed by atoms with Gasteiger partial charge in [-0.1, -0.05) is 17.7 Å². The third kappa shape index (κ3) is 5.60. The Balaban J connectivity index is 1.85. The minimum atomic E-state index is -3.58. The lowest BCUT2D eigenvalue weighted by atomic mass is 10.2. The fourth-order valence-electron chi connectivity index (χ4n) is 1.86. The van der Waals surface area contributed by atoms with E-state index in [0.29, 0.717) is 5.69 Å². The Morgan fingerprint density at radius 3 is 2.26 bits per heavy atom. The molecule has 2 rings (SSSR count). The van der Waals surface area contributed by atoms with E-state index in [1.54, 1.807) is 36.4 Å². The van der Waals surface area contributed by atoms with Crippen molar-refractivity contribution in [2.75, 3.05) is 11.9 Å². The van der Waals surface area contributed by atoms with Crippen molar-refractivity contribution in [3.63, 3.8) is 0 Å². The third-order valence-corrected chi connectivity index (χ3v) is 5.30. The monoisotopic (exact) mass is 444 g/mol. The molecule has 0 spiro atoms. The van der Waals surface area contributed by atoms with E-state index >= 15 is 0 Å². The number of rotatable bonds is 6. The molecule has 0 aromatic heterocycles. The van der Waals surface area contributed by atoms with Crippen LogP contribution in [0.1, 0.15) is 12.0 Å². The molecule has 7 heteroatoms. The molecule has 1 amide bonds. The van der Waals surface area contributed by atoms with Crippen molar-refractivity contribution in [2.45, 2.75) is 18.2 Å². The Labute approximate surface area is 149 Å². The van der Waals surface area contributed by atoms with Crippen LogP contribution in [0, 0.1) is 10.5 Å². The fraction of sp³-hybridized carbons (Fsp3) is 0.188. The molecular formula is C16H17IN2O3S. The number of hydrogen-bond donors (Lipinski definition) is 2. The number of amides is 1. The summed E-state index contributed by atoms with van der Waals surface area (Å²) in [4.78, 5) is 12.0. The lowest BCUT2D eigenvalue weighted by Gasteiger charge is -2.08. The molecule has 0 saturated carbocycles. The molecule has 0 heterocycles. The number of anilines is 1. The lowest BCUT2D eigenvalue weighted by molar-refractivity contribution is -0.116. The summed E-state index contributed by atoms with van der Waals surface area (Å²) in [6, 6.07) is 13.9. The molecule has 0 fully saturated rings. The standard InChI is InChI=1S/C16H17IN2O3S/c1-12-2-8-15(9-3-12)23(21,22)18-11-10-16(20)19-14-6-4-13(17)5-7-14/h2-9,18H,10-11H2,1H3,(H,19,20). The van der Waals surface area contributed by atoms with E-state index in [9.17, 15) is 13.2 Å². The average Bonchev–Trinajstić information content (AvgIpc) is 2.50. The van der Waals surface area contributed by atoms with Crippen LogP contribution < -0.4 is 10.0 Å². The van der Waals surface area contributed by atoms with Gasteiger partial charge in [-0.05, 0) is 65.9 Å². The maximum Gasteiger partial charge on any atom is 0.240 e. The maximum absolute atomic E-state index is 12.1. The zero-order valence-corrected chi connectivity index (χ0v) is 15.5. The molecule has 0 atom stereocenters. The van der Waals surface area contributed by atoms with E-state index in [4.69, 9.17) is 0 Å². The number of aryl methyl sites for hydroxylation is 1. The number of nitrogens with one attached hydrogen (secondary N) is 2. The van der Waals surface area contributed by atoms with Gasteiger partial charge in [0.15, 0.2) is 0 Å². The van der Waals surface area contributed by atoms with Crippen molar-refractivity contribution in [3.05, 3.63) is 57.7 Å². The van der Waals surface area contributed by atoms with E-state index in [1.807, 2.05) is 19.1 Å². The van der Waals surface area contributed by atoms with Crippen molar-refractivity contribution >= 4 is 44.2 Å². The summed E-state index contributed by atoms with van der Waals surface area (Å²) in [5, 5.41) is 2.73. The van der Waals surface area contributed by atoms with Gasteiger partial charge in [-0.15, -0.1) is 0 Å². The molecule has 2 aromatic carbocycles. The van der Waals surface area contributed by atoms with Gasteiger partial charge in [0.05, 0.1) is 4.90 Å². The molecule has 122 valence electrons. The van der Waals surface area contributed by atoms with Crippen LogP contribution in [-0.2, 0) is 14.8 Å². The van der Waals surface area contributed by atoms with Crippen molar-refractivity contribution < 1.29 is 13.2 Å². The summed E-state index contributed by atoms with van der Waals surface area (Å²) in [6.07, 6.45) is 0.0665. The molecule has 0 aliphatic heterocycles. The van der Waals surface area contributed by atoms with Gasteiger partial charge in [-0.25, -0.2) is 13.1 Å². The van der Waals surface area contributed by atoms with Crippen molar-refractivity contribution in [3.8, 4) is 0 Å². The molecule has 5 nitrogen and oxygen atoms in total. The largest absolute Gasteiger partial charge is 0.326 e. The highest BCUT2D eigenvalue weighted by Crippen LogP contribution is 2.12. The van der Waals surface area contributed by atoms with Gasteiger partial charge in [0.1, 0.15) is 0 Å². The number of hydrogen-bond acceptors (Lipinski definition) is 3. The Hall–Kier alpha value is -1.45. The van der Waals surface area contributed by atoms with E-state index < -0.39 is 10.0 Å². The maximum atomic E-state index is 12.1. The van der Waals surface area contributed by atoms with E-state index in [0.717, 1.165) is 9.13 Å². The Morgan fingerprint density at radius 2 is 1.65 bits per heavy atom. The molecular weight excluding hydrogens is 427 g/mol. The molecule has 23 heavy (non-hydrogen) atoms. The quantitative estimate of drug-likeness (QED) is 0.673. The van der Waals surface area contributed by atoms with Crippen LogP contribution >= 0.6 is 22.6 Å². The highest BCUT2D eigenvalue weighted by molar-refractivity contribution is 14.1. The van der Waals surface area contributed by atoms with Crippen LogP contribution in [0.3, 0.4) is 0 Å². The number of carbonyl (C=O) groups excluding carboxylic acids is 1. The minimum Gasteiger partial charge on any atom is -0.326 e. The van der Waals surface area contributed by atoms with Crippen LogP contribution in [-0.4, -0.2) is 20.9 Å². The van der Waals surface area contributed by atoms with Gasteiger partial charge in [0.2, 0.25) is 15.9 Å². The second-order valence-corrected chi connectivity index (χ2v) is 8.03. The molecule has 0 aliphatic carbocycles.